The molecule has 1 atom stereocenters. The maximum absolute atomic E-state index is 3.44. The van der Waals surface area contributed by atoms with E-state index in [1.165, 1.54) is 12.0 Å². The molecule has 96 valence electrons. The summed E-state index contributed by atoms with van der Waals surface area (Å²) in [4.78, 5) is 2.47. The van der Waals surface area contributed by atoms with E-state index < -0.39 is 0 Å². The summed E-state index contributed by atoms with van der Waals surface area (Å²) in [6.07, 6.45) is 2.35. The third-order valence-corrected chi connectivity index (χ3v) is 3.32. The van der Waals surface area contributed by atoms with Gasteiger partial charge in [-0.2, -0.15) is 0 Å². The van der Waals surface area contributed by atoms with Gasteiger partial charge in [0.05, 0.1) is 0 Å². The molecule has 0 aromatic heterocycles. The maximum Gasteiger partial charge on any atom is 0.0215 e. The quantitative estimate of drug-likeness (QED) is 0.743. The molecule has 2 heteroatoms. The number of rotatable bonds is 8. The minimum Gasteiger partial charge on any atom is -0.315 e. The predicted molar refractivity (Wildman–Crippen MR) is 75.4 cm³/mol. The lowest BCUT2D eigenvalue weighted by Crippen LogP contribution is -2.40. The Hall–Kier alpha value is -0.860. The molecule has 0 aliphatic rings. The Kier molecular flexibility index (Phi) is 6.90. The van der Waals surface area contributed by atoms with E-state index in [4.69, 9.17) is 0 Å². The molecule has 0 bridgehead atoms. The van der Waals surface area contributed by atoms with Crippen LogP contribution in [0.1, 0.15) is 25.8 Å². The van der Waals surface area contributed by atoms with E-state index in [0.29, 0.717) is 6.04 Å². The van der Waals surface area contributed by atoms with Crippen LogP contribution in [-0.2, 0) is 6.42 Å². The van der Waals surface area contributed by atoms with Gasteiger partial charge in [0.15, 0.2) is 0 Å². The fourth-order valence-corrected chi connectivity index (χ4v) is 2.06. The van der Waals surface area contributed by atoms with Crippen LogP contribution in [-0.4, -0.2) is 37.6 Å². The largest absolute Gasteiger partial charge is 0.315 e. The fourth-order valence-electron chi connectivity index (χ4n) is 2.06. The SMILES string of the molecule is CCNCC(CC)N(C)CCc1ccccc1. The summed E-state index contributed by atoms with van der Waals surface area (Å²) in [6, 6.07) is 11.4. The summed E-state index contributed by atoms with van der Waals surface area (Å²) in [5, 5.41) is 3.44. The second-order valence-electron chi connectivity index (χ2n) is 4.59. The zero-order valence-corrected chi connectivity index (χ0v) is 11.4. The smallest absolute Gasteiger partial charge is 0.0215 e. The van der Waals surface area contributed by atoms with E-state index in [2.05, 4.69) is 61.4 Å². The molecule has 0 spiro atoms. The summed E-state index contributed by atoms with van der Waals surface area (Å²) < 4.78 is 0. The third kappa shape index (κ3) is 5.33. The number of hydrogen-bond donors (Lipinski definition) is 1. The molecule has 0 saturated carbocycles. The molecule has 2 nitrogen and oxygen atoms in total. The van der Waals surface area contributed by atoms with Crippen LogP contribution < -0.4 is 5.32 Å². The number of likely N-dealkylation sites (N-methyl/N-ethyl adjacent to an activating group) is 2. The van der Waals surface area contributed by atoms with Crippen LogP contribution in [0.15, 0.2) is 30.3 Å². The first kappa shape index (κ1) is 14.2. The summed E-state index contributed by atoms with van der Waals surface area (Å²) in [5.74, 6) is 0. The van der Waals surface area contributed by atoms with Crippen molar-refractivity contribution in [2.45, 2.75) is 32.7 Å². The highest BCUT2D eigenvalue weighted by molar-refractivity contribution is 5.14. The first-order valence-corrected chi connectivity index (χ1v) is 6.72. The van der Waals surface area contributed by atoms with Crippen molar-refractivity contribution in [1.82, 2.24) is 10.2 Å². The van der Waals surface area contributed by atoms with Crippen LogP contribution in [0.2, 0.25) is 0 Å². The molecule has 1 aromatic rings. The van der Waals surface area contributed by atoms with Crippen molar-refractivity contribution in [3.8, 4) is 0 Å². The number of benzene rings is 1. The lowest BCUT2D eigenvalue weighted by atomic mass is 10.1. The van der Waals surface area contributed by atoms with Crippen molar-refractivity contribution in [2.24, 2.45) is 0 Å². The maximum atomic E-state index is 3.44. The van der Waals surface area contributed by atoms with Gasteiger partial charge in [-0.3, -0.25) is 0 Å². The number of hydrogen-bond acceptors (Lipinski definition) is 2. The number of nitrogens with zero attached hydrogens (tertiary/aromatic N) is 1. The average molecular weight is 234 g/mol. The molecule has 0 amide bonds. The lowest BCUT2D eigenvalue weighted by molar-refractivity contribution is 0.233. The molecule has 1 N–H and O–H groups in total. The van der Waals surface area contributed by atoms with Gasteiger partial charge in [-0.25, -0.2) is 0 Å². The molecule has 1 aromatic carbocycles. The summed E-state index contributed by atoms with van der Waals surface area (Å²) >= 11 is 0. The van der Waals surface area contributed by atoms with Crippen LogP contribution in [0.5, 0.6) is 0 Å². The van der Waals surface area contributed by atoms with Gasteiger partial charge in [0, 0.05) is 19.1 Å². The average Bonchev–Trinajstić information content (AvgIpc) is 2.38. The third-order valence-electron chi connectivity index (χ3n) is 3.32. The van der Waals surface area contributed by atoms with Crippen LogP contribution >= 0.6 is 0 Å². The Labute approximate surface area is 106 Å². The van der Waals surface area contributed by atoms with Gasteiger partial charge in [-0.15, -0.1) is 0 Å². The highest BCUT2D eigenvalue weighted by atomic mass is 15.1. The molecule has 1 unspecified atom stereocenters. The Bertz CT molecular complexity index is 284. The molecule has 0 heterocycles. The molecule has 0 saturated heterocycles. The fraction of sp³-hybridized carbons (Fsp3) is 0.600. The molecule has 0 aliphatic carbocycles. The van der Waals surface area contributed by atoms with Gasteiger partial charge in [0.25, 0.3) is 0 Å². The summed E-state index contributed by atoms with van der Waals surface area (Å²) in [7, 11) is 2.23. The standard InChI is InChI=1S/C15H26N2/c1-4-15(13-16-5-2)17(3)12-11-14-9-7-6-8-10-14/h6-10,15-16H,4-5,11-13H2,1-3H3. The topological polar surface area (TPSA) is 15.3 Å². The molecule has 0 aliphatic heterocycles. The first-order valence-electron chi connectivity index (χ1n) is 6.72. The Morgan fingerprint density at radius 1 is 1.18 bits per heavy atom. The van der Waals surface area contributed by atoms with Gasteiger partial charge in [0.2, 0.25) is 0 Å². The normalized spacial score (nSPS) is 12.9. The van der Waals surface area contributed by atoms with Crippen LogP contribution in [0.25, 0.3) is 0 Å². The molecule has 0 radical (unpaired) electrons. The molecule has 17 heavy (non-hydrogen) atoms. The Morgan fingerprint density at radius 2 is 1.88 bits per heavy atom. The van der Waals surface area contributed by atoms with Gasteiger partial charge in [0.1, 0.15) is 0 Å². The van der Waals surface area contributed by atoms with Gasteiger partial charge in [-0.05, 0) is 32.0 Å². The molecular formula is C15H26N2. The molecule has 0 fully saturated rings. The highest BCUT2D eigenvalue weighted by Gasteiger charge is 2.11. The zero-order chi connectivity index (χ0) is 12.5. The second-order valence-corrected chi connectivity index (χ2v) is 4.59. The Morgan fingerprint density at radius 3 is 2.47 bits per heavy atom. The van der Waals surface area contributed by atoms with E-state index >= 15 is 0 Å². The van der Waals surface area contributed by atoms with Crippen LogP contribution in [0.4, 0.5) is 0 Å². The van der Waals surface area contributed by atoms with Crippen molar-refractivity contribution in [3.05, 3.63) is 35.9 Å². The van der Waals surface area contributed by atoms with Crippen molar-refractivity contribution in [2.75, 3.05) is 26.7 Å². The first-order chi connectivity index (χ1) is 8.27. The van der Waals surface area contributed by atoms with E-state index in [1.807, 2.05) is 0 Å². The van der Waals surface area contributed by atoms with E-state index in [-0.39, 0.29) is 0 Å². The van der Waals surface area contributed by atoms with Crippen LogP contribution in [0.3, 0.4) is 0 Å². The predicted octanol–water partition coefficient (Wildman–Crippen LogP) is 2.55. The summed E-state index contributed by atoms with van der Waals surface area (Å²) in [5.41, 5.74) is 1.43. The monoisotopic (exact) mass is 234 g/mol. The van der Waals surface area contributed by atoms with Crippen molar-refractivity contribution >= 4 is 0 Å². The van der Waals surface area contributed by atoms with Crippen LogP contribution in [0, 0.1) is 0 Å². The highest BCUT2D eigenvalue weighted by Crippen LogP contribution is 2.05. The van der Waals surface area contributed by atoms with Crippen molar-refractivity contribution < 1.29 is 0 Å². The molecular weight excluding hydrogens is 208 g/mol. The zero-order valence-electron chi connectivity index (χ0n) is 11.4. The van der Waals surface area contributed by atoms with Crippen molar-refractivity contribution in [1.29, 1.82) is 0 Å². The second kappa shape index (κ2) is 8.26. The Balaban J connectivity index is 2.34. The minimum atomic E-state index is 0.652. The lowest BCUT2D eigenvalue weighted by Gasteiger charge is -2.27. The van der Waals surface area contributed by atoms with E-state index in [0.717, 1.165) is 26.1 Å². The van der Waals surface area contributed by atoms with Crippen molar-refractivity contribution in [3.63, 3.8) is 0 Å². The van der Waals surface area contributed by atoms with E-state index in [1.54, 1.807) is 0 Å². The summed E-state index contributed by atoms with van der Waals surface area (Å²) in [6.45, 7) is 7.72. The molecule has 1 rings (SSSR count). The van der Waals surface area contributed by atoms with Gasteiger partial charge >= 0.3 is 0 Å². The minimum absolute atomic E-state index is 0.652. The number of nitrogens with one attached hydrogen (secondary N) is 1. The van der Waals surface area contributed by atoms with Gasteiger partial charge in [-0.1, -0.05) is 44.2 Å². The van der Waals surface area contributed by atoms with E-state index in [9.17, 15) is 0 Å². The van der Waals surface area contributed by atoms with Gasteiger partial charge < -0.3 is 10.2 Å².